The van der Waals surface area contributed by atoms with Gasteiger partial charge in [0.05, 0.1) is 36.6 Å². The lowest BCUT2D eigenvalue weighted by atomic mass is 10.1. The molecule has 1 amide bonds. The Labute approximate surface area is 184 Å². The molecule has 2 heterocycles. The Hall–Kier alpha value is -3.57. The fourth-order valence-electron chi connectivity index (χ4n) is 3.57. The van der Waals surface area contributed by atoms with Gasteiger partial charge in [0.2, 0.25) is 5.91 Å². The summed E-state index contributed by atoms with van der Waals surface area (Å²) in [5.74, 6) is 0.623. The number of fused-ring (bicyclic) bond motifs is 3. The van der Waals surface area contributed by atoms with Gasteiger partial charge in [-0.2, -0.15) is 5.26 Å². The van der Waals surface area contributed by atoms with E-state index in [0.717, 1.165) is 22.1 Å². The van der Waals surface area contributed by atoms with Gasteiger partial charge in [-0.15, -0.1) is 10.2 Å². The molecule has 0 fully saturated rings. The summed E-state index contributed by atoms with van der Waals surface area (Å²) in [5, 5.41) is 19.4. The number of carbonyl (C=O) groups is 1. The third kappa shape index (κ3) is 4.05. The molecule has 0 aliphatic heterocycles. The van der Waals surface area contributed by atoms with Gasteiger partial charge in [0.1, 0.15) is 5.75 Å². The molecular weight excluding hydrogens is 410 g/mol. The highest BCUT2D eigenvalue weighted by Gasteiger charge is 2.21. The number of para-hydroxylation sites is 3. The summed E-state index contributed by atoms with van der Waals surface area (Å²) >= 11 is 1.33. The highest BCUT2D eigenvalue weighted by Crippen LogP contribution is 2.30. The zero-order chi connectivity index (χ0) is 21.8. The van der Waals surface area contributed by atoms with Crippen LogP contribution in [0.4, 0.5) is 5.69 Å². The van der Waals surface area contributed by atoms with Crippen LogP contribution >= 0.6 is 11.8 Å². The van der Waals surface area contributed by atoms with Crippen molar-refractivity contribution in [1.29, 1.82) is 5.26 Å². The Morgan fingerprint density at radius 2 is 1.97 bits per heavy atom. The van der Waals surface area contributed by atoms with E-state index in [1.807, 2.05) is 53.8 Å². The fourth-order valence-corrected chi connectivity index (χ4v) is 4.39. The van der Waals surface area contributed by atoms with Crippen molar-refractivity contribution < 1.29 is 9.53 Å². The molecule has 0 saturated heterocycles. The van der Waals surface area contributed by atoms with Gasteiger partial charge in [0.15, 0.2) is 10.8 Å². The van der Waals surface area contributed by atoms with Crippen LogP contribution in [0.5, 0.6) is 5.75 Å². The standard InChI is InChI=1S/C23H21N5O2S/c1-16-14-21-25-26-23(28(21)18-9-4-3-8-17(16)18)31-15-22(29)27(13-7-12-24)19-10-5-6-11-20(19)30-2/h3-6,8-11,14H,7,13,15H2,1-2H3. The lowest BCUT2D eigenvalue weighted by molar-refractivity contribution is -0.116. The maximum atomic E-state index is 13.1. The first-order chi connectivity index (χ1) is 15.1. The number of anilines is 1. The minimum absolute atomic E-state index is 0.127. The first-order valence-electron chi connectivity index (χ1n) is 9.80. The smallest absolute Gasteiger partial charge is 0.237 e. The Kier molecular flexibility index (Phi) is 6.05. The van der Waals surface area contributed by atoms with Crippen LogP contribution in [-0.4, -0.2) is 39.9 Å². The van der Waals surface area contributed by atoms with Gasteiger partial charge < -0.3 is 9.64 Å². The van der Waals surface area contributed by atoms with Crippen molar-refractivity contribution in [3.63, 3.8) is 0 Å². The highest BCUT2D eigenvalue weighted by atomic mass is 32.2. The van der Waals surface area contributed by atoms with Gasteiger partial charge in [-0.3, -0.25) is 9.20 Å². The van der Waals surface area contributed by atoms with Crippen molar-refractivity contribution in [1.82, 2.24) is 14.6 Å². The van der Waals surface area contributed by atoms with E-state index in [9.17, 15) is 4.79 Å². The number of methoxy groups -OCH3 is 1. The van der Waals surface area contributed by atoms with Crippen LogP contribution in [0.1, 0.15) is 12.0 Å². The number of thioether (sulfide) groups is 1. The summed E-state index contributed by atoms with van der Waals surface area (Å²) in [6.45, 7) is 2.34. The van der Waals surface area contributed by atoms with E-state index in [0.29, 0.717) is 23.1 Å². The Bertz CT molecular complexity index is 1290. The maximum Gasteiger partial charge on any atom is 0.237 e. The minimum Gasteiger partial charge on any atom is -0.495 e. The van der Waals surface area contributed by atoms with E-state index < -0.39 is 0 Å². The van der Waals surface area contributed by atoms with Gasteiger partial charge in [-0.1, -0.05) is 42.1 Å². The highest BCUT2D eigenvalue weighted by molar-refractivity contribution is 7.99. The van der Waals surface area contributed by atoms with Crippen LogP contribution in [-0.2, 0) is 4.79 Å². The normalized spacial score (nSPS) is 10.9. The molecule has 0 aliphatic rings. The molecule has 0 atom stereocenters. The van der Waals surface area contributed by atoms with Crippen LogP contribution in [0.15, 0.2) is 59.8 Å². The molecule has 0 spiro atoms. The largest absolute Gasteiger partial charge is 0.495 e. The van der Waals surface area contributed by atoms with Gasteiger partial charge in [0, 0.05) is 11.9 Å². The second-order valence-electron chi connectivity index (χ2n) is 6.93. The number of hydrogen-bond acceptors (Lipinski definition) is 6. The second-order valence-corrected chi connectivity index (χ2v) is 7.88. The molecule has 0 bridgehead atoms. The number of nitrogens with zero attached hydrogens (tertiary/aromatic N) is 5. The summed E-state index contributed by atoms with van der Waals surface area (Å²) in [6.07, 6.45) is 0.228. The maximum absolute atomic E-state index is 13.1. The number of pyridine rings is 1. The monoisotopic (exact) mass is 431 g/mol. The Morgan fingerprint density at radius 3 is 2.77 bits per heavy atom. The lowest BCUT2D eigenvalue weighted by Crippen LogP contribution is -2.33. The second kappa shape index (κ2) is 9.06. The van der Waals surface area contributed by atoms with E-state index in [1.165, 1.54) is 11.8 Å². The zero-order valence-corrected chi connectivity index (χ0v) is 18.1. The molecule has 2 aromatic carbocycles. The molecule has 0 radical (unpaired) electrons. The van der Waals surface area contributed by atoms with Crippen LogP contribution in [0.3, 0.4) is 0 Å². The fraction of sp³-hybridized carbons (Fsp3) is 0.217. The average Bonchev–Trinajstić information content (AvgIpc) is 3.21. The summed E-state index contributed by atoms with van der Waals surface area (Å²) in [5.41, 5.74) is 3.53. The van der Waals surface area contributed by atoms with Gasteiger partial charge in [0.25, 0.3) is 0 Å². The van der Waals surface area contributed by atoms with Crippen LogP contribution in [0, 0.1) is 18.3 Å². The number of ether oxygens (including phenoxy) is 1. The van der Waals surface area contributed by atoms with Crippen molar-refractivity contribution in [3.8, 4) is 11.8 Å². The first-order valence-corrected chi connectivity index (χ1v) is 10.8. The Balaban J connectivity index is 1.63. The third-order valence-corrected chi connectivity index (χ3v) is 5.94. The first kappa shape index (κ1) is 20.7. The molecule has 156 valence electrons. The van der Waals surface area contributed by atoms with Gasteiger partial charge in [-0.05, 0) is 36.8 Å². The number of carbonyl (C=O) groups excluding carboxylic acids is 1. The Morgan fingerprint density at radius 1 is 1.19 bits per heavy atom. The molecule has 2 aromatic heterocycles. The van der Waals surface area contributed by atoms with Crippen molar-refractivity contribution in [2.45, 2.75) is 18.5 Å². The number of aryl methyl sites for hydroxylation is 1. The molecule has 7 nitrogen and oxygen atoms in total. The van der Waals surface area contributed by atoms with E-state index in [1.54, 1.807) is 18.1 Å². The quantitative estimate of drug-likeness (QED) is 0.407. The molecule has 0 N–H and O–H groups in total. The lowest BCUT2D eigenvalue weighted by Gasteiger charge is -2.23. The molecule has 4 rings (SSSR count). The number of aromatic nitrogens is 3. The van der Waals surface area contributed by atoms with Crippen molar-refractivity contribution in [3.05, 3.63) is 60.2 Å². The summed E-state index contributed by atoms with van der Waals surface area (Å²) in [6, 6.07) is 19.5. The van der Waals surface area contributed by atoms with Crippen molar-refractivity contribution in [2.75, 3.05) is 24.3 Å². The molecule has 31 heavy (non-hydrogen) atoms. The van der Waals surface area contributed by atoms with E-state index in [2.05, 4.69) is 22.3 Å². The number of hydrogen-bond donors (Lipinski definition) is 0. The average molecular weight is 432 g/mol. The molecule has 0 unspecified atom stereocenters. The molecule has 0 saturated carbocycles. The topological polar surface area (TPSA) is 83.5 Å². The molecular formula is C23H21N5O2S. The van der Waals surface area contributed by atoms with E-state index in [4.69, 9.17) is 10.00 Å². The zero-order valence-electron chi connectivity index (χ0n) is 17.3. The van der Waals surface area contributed by atoms with Crippen LogP contribution in [0.2, 0.25) is 0 Å². The van der Waals surface area contributed by atoms with E-state index >= 15 is 0 Å². The van der Waals surface area contributed by atoms with Crippen LogP contribution < -0.4 is 9.64 Å². The molecule has 4 aromatic rings. The van der Waals surface area contributed by atoms with Crippen molar-refractivity contribution >= 4 is 39.9 Å². The van der Waals surface area contributed by atoms with E-state index in [-0.39, 0.29) is 18.1 Å². The molecule has 8 heteroatoms. The number of nitriles is 1. The summed E-state index contributed by atoms with van der Waals surface area (Å²) in [4.78, 5) is 14.7. The van der Waals surface area contributed by atoms with Crippen molar-refractivity contribution in [2.24, 2.45) is 0 Å². The predicted octanol–water partition coefficient (Wildman–Crippen LogP) is 4.24. The van der Waals surface area contributed by atoms with Gasteiger partial charge >= 0.3 is 0 Å². The summed E-state index contributed by atoms with van der Waals surface area (Å²) < 4.78 is 7.39. The summed E-state index contributed by atoms with van der Waals surface area (Å²) in [7, 11) is 1.57. The molecule has 0 aliphatic carbocycles. The number of benzene rings is 2. The van der Waals surface area contributed by atoms with Crippen LogP contribution in [0.25, 0.3) is 16.6 Å². The SMILES string of the molecule is COc1ccccc1N(CCC#N)C(=O)CSc1nnc2cc(C)c3ccccc3n12. The number of amides is 1. The number of rotatable bonds is 7. The van der Waals surface area contributed by atoms with Gasteiger partial charge in [-0.25, -0.2) is 0 Å². The predicted molar refractivity (Wildman–Crippen MR) is 122 cm³/mol. The minimum atomic E-state index is -0.127. The third-order valence-electron chi connectivity index (χ3n) is 5.02.